The quantitative estimate of drug-likeness (QED) is 0.619. The summed E-state index contributed by atoms with van der Waals surface area (Å²) in [7, 11) is -0.910. The molecule has 1 rings (SSSR count). The lowest BCUT2D eigenvalue weighted by atomic mass is 10.2. The number of aliphatic hydroxyl groups is 1. The summed E-state index contributed by atoms with van der Waals surface area (Å²) in [6.07, 6.45) is -2.41. The summed E-state index contributed by atoms with van der Waals surface area (Å²) in [6.45, 7) is 12.2. The van der Waals surface area contributed by atoms with Crippen LogP contribution in [0.5, 0.6) is 0 Å². The van der Waals surface area contributed by atoms with Crippen molar-refractivity contribution in [1.29, 1.82) is 0 Å². The Kier molecular flexibility index (Phi) is 6.23. The van der Waals surface area contributed by atoms with Crippen molar-refractivity contribution in [2.45, 2.75) is 70.6 Å². The van der Waals surface area contributed by atoms with E-state index < -0.39 is 38.8 Å². The van der Waals surface area contributed by atoms with Crippen molar-refractivity contribution in [2.75, 3.05) is 13.7 Å². The van der Waals surface area contributed by atoms with E-state index in [4.69, 9.17) is 13.9 Å². The second kappa shape index (κ2) is 7.19. The molecule has 0 bridgehead atoms. The van der Waals surface area contributed by atoms with Crippen LogP contribution in [0.1, 0.15) is 34.1 Å². The van der Waals surface area contributed by atoms with Crippen molar-refractivity contribution in [2.24, 2.45) is 0 Å². The van der Waals surface area contributed by atoms with Gasteiger partial charge in [-0.05, 0) is 25.1 Å². The minimum absolute atomic E-state index is 0.0508. The van der Waals surface area contributed by atoms with Crippen LogP contribution in [0.4, 0.5) is 4.79 Å². The second-order valence-electron chi connectivity index (χ2n) is 7.21. The Morgan fingerprint density at radius 2 is 1.87 bits per heavy atom. The van der Waals surface area contributed by atoms with Crippen LogP contribution in [0.3, 0.4) is 0 Å². The fraction of sp³-hybridized carbons (Fsp3) is 0.867. The highest BCUT2D eigenvalue weighted by Crippen LogP contribution is 2.40. The van der Waals surface area contributed by atoms with Gasteiger partial charge in [-0.3, -0.25) is 4.90 Å². The third kappa shape index (κ3) is 4.24. The zero-order valence-corrected chi connectivity index (χ0v) is 16.1. The molecule has 1 aliphatic heterocycles. The van der Waals surface area contributed by atoms with E-state index in [1.807, 2.05) is 0 Å². The highest BCUT2D eigenvalue weighted by atomic mass is 28.4. The van der Waals surface area contributed by atoms with E-state index in [1.165, 1.54) is 7.11 Å². The van der Waals surface area contributed by atoms with Gasteiger partial charge in [0.25, 0.3) is 0 Å². The number of amides is 1. The van der Waals surface area contributed by atoms with Crippen LogP contribution in [-0.2, 0) is 18.7 Å². The maximum absolute atomic E-state index is 12.1. The molecule has 1 amide bonds. The van der Waals surface area contributed by atoms with E-state index in [2.05, 4.69) is 33.9 Å². The Morgan fingerprint density at radius 1 is 1.30 bits per heavy atom. The summed E-state index contributed by atoms with van der Waals surface area (Å²) in [5, 5.41) is 10.5. The molecule has 1 fully saturated rings. The van der Waals surface area contributed by atoms with Gasteiger partial charge in [-0.2, -0.15) is 0 Å². The maximum Gasteiger partial charge on any atom is 0.412 e. The third-order valence-electron chi connectivity index (χ3n) is 4.61. The van der Waals surface area contributed by atoms with E-state index >= 15 is 0 Å². The number of carbonyl (C=O) groups is 2. The molecule has 3 atom stereocenters. The van der Waals surface area contributed by atoms with Crippen molar-refractivity contribution >= 4 is 20.4 Å². The summed E-state index contributed by atoms with van der Waals surface area (Å²) in [5.74, 6) is -0.585. The minimum atomic E-state index is -2.16. The number of nitrogens with zero attached hydrogens (tertiary/aromatic N) is 1. The molecular formula is C15H29NO6Si. The molecule has 0 aromatic rings. The lowest BCUT2D eigenvalue weighted by Crippen LogP contribution is -2.49. The fourth-order valence-corrected chi connectivity index (χ4v) is 3.59. The van der Waals surface area contributed by atoms with Gasteiger partial charge < -0.3 is 19.0 Å². The van der Waals surface area contributed by atoms with Gasteiger partial charge in [0.15, 0.2) is 14.5 Å². The normalized spacial score (nSPS) is 25.4. The van der Waals surface area contributed by atoms with Crippen LogP contribution in [0, 0.1) is 0 Å². The molecule has 0 aliphatic carbocycles. The molecule has 0 saturated carbocycles. The molecule has 1 heterocycles. The van der Waals surface area contributed by atoms with Gasteiger partial charge in [0.2, 0.25) is 0 Å². The van der Waals surface area contributed by atoms with E-state index in [0.717, 1.165) is 4.90 Å². The highest BCUT2D eigenvalue weighted by Gasteiger charge is 2.51. The zero-order chi connectivity index (χ0) is 18.0. The standard InChI is InChI=1S/C15H29NO6Si/c1-8-21-14(19)16-10(13(18)20-5)9-11(12(16)17)22-23(6,7)15(2,3)4/h10-12,17H,8-9H2,1-7H3. The molecule has 1 saturated heterocycles. The van der Waals surface area contributed by atoms with E-state index in [1.54, 1.807) is 6.92 Å². The van der Waals surface area contributed by atoms with Crippen molar-refractivity contribution in [3.05, 3.63) is 0 Å². The third-order valence-corrected chi connectivity index (χ3v) is 9.12. The minimum Gasteiger partial charge on any atom is -0.467 e. The lowest BCUT2D eigenvalue weighted by molar-refractivity contribution is -0.147. The van der Waals surface area contributed by atoms with Gasteiger partial charge in [0.05, 0.1) is 19.8 Å². The van der Waals surface area contributed by atoms with Crippen molar-refractivity contribution in [3.8, 4) is 0 Å². The van der Waals surface area contributed by atoms with Crippen molar-refractivity contribution < 1.29 is 28.6 Å². The number of hydrogen-bond acceptors (Lipinski definition) is 6. The first-order chi connectivity index (χ1) is 10.5. The summed E-state index contributed by atoms with van der Waals surface area (Å²) in [5.41, 5.74) is 0. The Bertz CT molecular complexity index is 448. The van der Waals surface area contributed by atoms with Crippen LogP contribution in [-0.4, -0.2) is 62.5 Å². The summed E-state index contributed by atoms with van der Waals surface area (Å²) >= 11 is 0. The van der Waals surface area contributed by atoms with Crippen LogP contribution in [0.15, 0.2) is 0 Å². The summed E-state index contributed by atoms with van der Waals surface area (Å²) in [4.78, 5) is 25.1. The van der Waals surface area contributed by atoms with Gasteiger partial charge in [-0.1, -0.05) is 20.8 Å². The van der Waals surface area contributed by atoms with Crippen molar-refractivity contribution in [1.82, 2.24) is 4.90 Å². The average Bonchev–Trinajstić information content (AvgIpc) is 2.73. The first-order valence-corrected chi connectivity index (χ1v) is 10.8. The first kappa shape index (κ1) is 19.9. The Hall–Kier alpha value is -1.12. The van der Waals surface area contributed by atoms with Gasteiger partial charge >= 0.3 is 12.1 Å². The smallest absolute Gasteiger partial charge is 0.412 e. The molecular weight excluding hydrogens is 318 g/mol. The zero-order valence-electron chi connectivity index (χ0n) is 15.1. The number of hydrogen-bond donors (Lipinski definition) is 1. The second-order valence-corrected chi connectivity index (χ2v) is 12.0. The molecule has 8 heteroatoms. The van der Waals surface area contributed by atoms with Crippen LogP contribution < -0.4 is 0 Å². The lowest BCUT2D eigenvalue weighted by Gasteiger charge is -2.39. The molecule has 1 aliphatic rings. The highest BCUT2D eigenvalue weighted by molar-refractivity contribution is 6.74. The summed E-state index contributed by atoms with van der Waals surface area (Å²) < 4.78 is 15.9. The van der Waals surface area contributed by atoms with Crippen LogP contribution >= 0.6 is 0 Å². The predicted molar refractivity (Wildman–Crippen MR) is 87.4 cm³/mol. The van der Waals surface area contributed by atoms with E-state index in [9.17, 15) is 14.7 Å². The van der Waals surface area contributed by atoms with Gasteiger partial charge in [-0.15, -0.1) is 0 Å². The molecule has 0 aromatic heterocycles. The van der Waals surface area contributed by atoms with Crippen LogP contribution in [0.25, 0.3) is 0 Å². The largest absolute Gasteiger partial charge is 0.467 e. The number of rotatable bonds is 4. The van der Waals surface area contributed by atoms with Gasteiger partial charge in [0, 0.05) is 6.42 Å². The molecule has 1 N–H and O–H groups in total. The molecule has 134 valence electrons. The van der Waals surface area contributed by atoms with Gasteiger partial charge in [0.1, 0.15) is 6.04 Å². The molecule has 0 radical (unpaired) electrons. The van der Waals surface area contributed by atoms with Crippen LogP contribution in [0.2, 0.25) is 18.1 Å². The molecule has 0 spiro atoms. The number of ether oxygens (including phenoxy) is 2. The fourth-order valence-electron chi connectivity index (χ4n) is 2.26. The first-order valence-electron chi connectivity index (χ1n) is 7.85. The number of methoxy groups -OCH3 is 1. The average molecular weight is 347 g/mol. The molecule has 23 heavy (non-hydrogen) atoms. The van der Waals surface area contributed by atoms with E-state index in [-0.39, 0.29) is 18.1 Å². The maximum atomic E-state index is 12.1. The number of likely N-dealkylation sites (tertiary alicyclic amines) is 1. The topological polar surface area (TPSA) is 85.3 Å². The Labute approximate surface area is 139 Å². The number of aliphatic hydroxyl groups excluding tert-OH is 1. The molecule has 3 unspecified atom stereocenters. The van der Waals surface area contributed by atoms with E-state index in [0.29, 0.717) is 0 Å². The Balaban J connectivity index is 3.01. The predicted octanol–water partition coefficient (Wildman–Crippen LogP) is 2.10. The van der Waals surface area contributed by atoms with Gasteiger partial charge in [-0.25, -0.2) is 9.59 Å². The molecule has 7 nitrogen and oxygen atoms in total. The summed E-state index contributed by atoms with van der Waals surface area (Å²) in [6, 6.07) is -0.899. The number of carbonyl (C=O) groups excluding carboxylic acids is 2. The Morgan fingerprint density at radius 3 is 2.30 bits per heavy atom. The SMILES string of the molecule is CCOC(=O)N1C(C(=O)OC)CC(O[Si](C)(C)C(C)(C)C)C1O. The molecule has 0 aromatic carbocycles. The number of esters is 1. The van der Waals surface area contributed by atoms with Crippen molar-refractivity contribution in [3.63, 3.8) is 0 Å². The monoisotopic (exact) mass is 347 g/mol.